The quantitative estimate of drug-likeness (QED) is 0.527. The minimum atomic E-state index is -1.05. The van der Waals surface area contributed by atoms with E-state index in [9.17, 15) is 9.35 Å². The molecule has 1 unspecified atom stereocenters. The van der Waals surface area contributed by atoms with E-state index in [1.54, 1.807) is 6.07 Å². The summed E-state index contributed by atoms with van der Waals surface area (Å²) in [5, 5.41) is 0. The van der Waals surface area contributed by atoms with E-state index in [-0.39, 0.29) is 5.78 Å². The van der Waals surface area contributed by atoms with Crippen LogP contribution in [0.2, 0.25) is 0 Å². The van der Waals surface area contributed by atoms with Crippen molar-refractivity contribution in [1.82, 2.24) is 9.21 Å². The van der Waals surface area contributed by atoms with E-state index in [4.69, 9.17) is 5.73 Å². The molecular formula is C24H30N4O2S. The van der Waals surface area contributed by atoms with Crippen molar-refractivity contribution in [3.05, 3.63) is 65.2 Å². The Morgan fingerprint density at radius 2 is 1.90 bits per heavy atom. The van der Waals surface area contributed by atoms with Crippen LogP contribution < -0.4 is 5.73 Å². The van der Waals surface area contributed by atoms with Crippen LogP contribution in [0.15, 0.2) is 53.5 Å². The van der Waals surface area contributed by atoms with Gasteiger partial charge in [0.2, 0.25) is 0 Å². The second-order valence-corrected chi connectivity index (χ2v) is 9.92. The number of carbonyl (C=O) groups excluding carboxylic acids is 1. The van der Waals surface area contributed by atoms with Crippen LogP contribution >= 0.6 is 0 Å². The molecule has 7 heteroatoms. The minimum Gasteiger partial charge on any atom is -0.598 e. The zero-order valence-electron chi connectivity index (χ0n) is 18.0. The van der Waals surface area contributed by atoms with Crippen molar-refractivity contribution in [2.45, 2.75) is 44.7 Å². The number of carbonyl (C=O) groups is 1. The molecular weight excluding hydrogens is 408 g/mol. The van der Waals surface area contributed by atoms with Crippen LogP contribution in [0, 0.1) is 0 Å². The number of benzene rings is 2. The highest BCUT2D eigenvalue weighted by atomic mass is 32.2. The third kappa shape index (κ3) is 5.11. The molecule has 0 bridgehead atoms. The fraction of sp³-hybridized carbons (Fsp3) is 0.417. The highest BCUT2D eigenvalue weighted by molar-refractivity contribution is 7.89. The average Bonchev–Trinajstić information content (AvgIpc) is 2.82. The second kappa shape index (κ2) is 9.85. The smallest absolute Gasteiger partial charge is 0.196 e. The molecule has 31 heavy (non-hydrogen) atoms. The summed E-state index contributed by atoms with van der Waals surface area (Å²) >= 11 is -1.05. The summed E-state index contributed by atoms with van der Waals surface area (Å²) in [6.45, 7) is 1.13. The molecule has 1 heterocycles. The van der Waals surface area contributed by atoms with Crippen LogP contribution in [-0.4, -0.2) is 50.9 Å². The van der Waals surface area contributed by atoms with E-state index in [0.717, 1.165) is 24.1 Å². The first-order valence-electron chi connectivity index (χ1n) is 11.0. The first-order valence-corrected chi connectivity index (χ1v) is 12.2. The fourth-order valence-electron chi connectivity index (χ4n) is 4.34. The summed E-state index contributed by atoms with van der Waals surface area (Å²) in [5.74, 6) is 0.945. The largest absolute Gasteiger partial charge is 0.598 e. The maximum Gasteiger partial charge on any atom is 0.196 e. The van der Waals surface area contributed by atoms with Crippen molar-refractivity contribution < 1.29 is 9.35 Å². The van der Waals surface area contributed by atoms with Gasteiger partial charge in [0.05, 0.1) is 18.3 Å². The molecule has 2 aliphatic rings. The SMILES string of the molecule is CN(C1CCCCC1)[S+]([O-])CCN1Cc2cc(C(=O)c3ccccc3)ccc2N=C1N. The Morgan fingerprint density at radius 1 is 1.16 bits per heavy atom. The molecule has 0 saturated heterocycles. The van der Waals surface area contributed by atoms with Gasteiger partial charge in [0.25, 0.3) is 0 Å². The lowest BCUT2D eigenvalue weighted by molar-refractivity contribution is 0.103. The zero-order chi connectivity index (χ0) is 21.8. The zero-order valence-corrected chi connectivity index (χ0v) is 18.8. The first kappa shape index (κ1) is 21.9. The Bertz CT molecular complexity index is 944. The normalized spacial score (nSPS) is 17.9. The summed E-state index contributed by atoms with van der Waals surface area (Å²) in [7, 11) is 1.97. The lowest BCUT2D eigenvalue weighted by atomic mass is 9.96. The molecule has 1 fully saturated rings. The Hall–Kier alpha value is -2.35. The molecule has 164 valence electrons. The molecule has 4 rings (SSSR count). The van der Waals surface area contributed by atoms with Gasteiger partial charge in [-0.3, -0.25) is 4.79 Å². The third-order valence-corrected chi connectivity index (χ3v) is 7.72. The minimum absolute atomic E-state index is 0.00677. The predicted octanol–water partition coefficient (Wildman–Crippen LogP) is 3.61. The van der Waals surface area contributed by atoms with E-state index >= 15 is 0 Å². The van der Waals surface area contributed by atoms with Crippen molar-refractivity contribution in [1.29, 1.82) is 0 Å². The summed E-state index contributed by atoms with van der Waals surface area (Å²) in [6.07, 6.45) is 5.98. The number of hydrogen-bond donors (Lipinski definition) is 1. The van der Waals surface area contributed by atoms with E-state index in [2.05, 4.69) is 4.99 Å². The standard InChI is InChI=1S/C24H30N4O2S/c1-27(21-10-6-3-7-11-21)31(30)15-14-28-17-20-16-19(12-13-22(20)26-24(28)25)23(29)18-8-4-2-5-9-18/h2,4-5,8-9,12-13,16,21H,3,6-7,10-11,14-15,17H2,1H3,(H2,25,26). The van der Waals surface area contributed by atoms with Gasteiger partial charge < -0.3 is 15.2 Å². The maximum absolute atomic E-state index is 12.8. The Balaban J connectivity index is 1.41. The number of nitrogens with zero attached hydrogens (tertiary/aromatic N) is 3. The summed E-state index contributed by atoms with van der Waals surface area (Å²) < 4.78 is 14.9. The maximum atomic E-state index is 12.8. The van der Waals surface area contributed by atoms with E-state index in [0.29, 0.717) is 42.0 Å². The number of fused-ring (bicyclic) bond motifs is 1. The number of ketones is 1. The van der Waals surface area contributed by atoms with Crippen molar-refractivity contribution >= 4 is 28.8 Å². The van der Waals surface area contributed by atoms with Crippen LogP contribution in [0.5, 0.6) is 0 Å². The van der Waals surface area contributed by atoms with Gasteiger partial charge in [0.15, 0.2) is 11.7 Å². The van der Waals surface area contributed by atoms with Gasteiger partial charge in [-0.05, 0) is 36.6 Å². The number of guanidine groups is 1. The number of aliphatic imine (C=N–C) groups is 1. The third-order valence-electron chi connectivity index (χ3n) is 6.24. The number of hydrogen-bond acceptors (Lipinski definition) is 6. The fourth-order valence-corrected chi connectivity index (χ4v) is 5.54. The van der Waals surface area contributed by atoms with Crippen LogP contribution in [0.1, 0.15) is 53.6 Å². The molecule has 2 aromatic rings. The summed E-state index contributed by atoms with van der Waals surface area (Å²) in [6, 6.07) is 15.2. The molecule has 2 N–H and O–H groups in total. The molecule has 1 aliphatic carbocycles. The molecule has 1 atom stereocenters. The lowest BCUT2D eigenvalue weighted by Gasteiger charge is -2.33. The van der Waals surface area contributed by atoms with Gasteiger partial charge in [-0.1, -0.05) is 49.6 Å². The Morgan fingerprint density at radius 3 is 2.65 bits per heavy atom. The van der Waals surface area contributed by atoms with Gasteiger partial charge in [-0.15, -0.1) is 4.31 Å². The van der Waals surface area contributed by atoms with Crippen LogP contribution in [-0.2, 0) is 17.9 Å². The Kier molecular flexibility index (Phi) is 6.95. The molecule has 0 aromatic heterocycles. The van der Waals surface area contributed by atoms with Crippen LogP contribution in [0.4, 0.5) is 5.69 Å². The van der Waals surface area contributed by atoms with Crippen molar-refractivity contribution in [3.63, 3.8) is 0 Å². The predicted molar refractivity (Wildman–Crippen MR) is 126 cm³/mol. The molecule has 0 spiro atoms. The molecule has 0 amide bonds. The molecule has 1 aliphatic heterocycles. The van der Waals surface area contributed by atoms with E-state index in [1.807, 2.05) is 58.7 Å². The Labute approximate surface area is 187 Å². The van der Waals surface area contributed by atoms with Crippen molar-refractivity contribution in [3.8, 4) is 0 Å². The number of rotatable bonds is 7. The van der Waals surface area contributed by atoms with Gasteiger partial charge in [-0.25, -0.2) is 4.99 Å². The van der Waals surface area contributed by atoms with Gasteiger partial charge in [-0.2, -0.15) is 0 Å². The molecule has 1 saturated carbocycles. The van der Waals surface area contributed by atoms with Crippen molar-refractivity contribution in [2.75, 3.05) is 19.3 Å². The summed E-state index contributed by atoms with van der Waals surface area (Å²) in [4.78, 5) is 19.3. The molecule has 2 aromatic carbocycles. The van der Waals surface area contributed by atoms with Gasteiger partial charge >= 0.3 is 0 Å². The van der Waals surface area contributed by atoms with Gasteiger partial charge in [0.1, 0.15) is 5.75 Å². The monoisotopic (exact) mass is 438 g/mol. The van der Waals surface area contributed by atoms with Crippen molar-refractivity contribution in [2.24, 2.45) is 10.7 Å². The number of nitrogens with two attached hydrogens (primary N) is 1. The van der Waals surface area contributed by atoms with E-state index in [1.165, 1.54) is 19.3 Å². The van der Waals surface area contributed by atoms with E-state index < -0.39 is 11.4 Å². The van der Waals surface area contributed by atoms with Crippen LogP contribution in [0.3, 0.4) is 0 Å². The molecule has 0 radical (unpaired) electrons. The van der Waals surface area contributed by atoms with Gasteiger partial charge in [0, 0.05) is 36.1 Å². The summed E-state index contributed by atoms with van der Waals surface area (Å²) in [5.41, 5.74) is 9.24. The second-order valence-electron chi connectivity index (χ2n) is 8.29. The first-order chi connectivity index (χ1) is 15.0. The highest BCUT2D eigenvalue weighted by Crippen LogP contribution is 2.28. The van der Waals surface area contributed by atoms with Crippen LogP contribution in [0.25, 0.3) is 0 Å². The average molecular weight is 439 g/mol. The highest BCUT2D eigenvalue weighted by Gasteiger charge is 2.28. The lowest BCUT2D eigenvalue weighted by Crippen LogP contribution is -2.45. The molecule has 6 nitrogen and oxygen atoms in total. The topological polar surface area (TPSA) is 85.0 Å².